The van der Waals surface area contributed by atoms with E-state index in [0.29, 0.717) is 6.42 Å². The molecule has 0 rings (SSSR count). The van der Waals surface area contributed by atoms with Crippen LogP contribution in [0.25, 0.3) is 0 Å². The maximum atomic E-state index is 11.7. The van der Waals surface area contributed by atoms with Gasteiger partial charge >= 0.3 is 5.97 Å². The van der Waals surface area contributed by atoms with Crippen LogP contribution in [-0.2, 0) is 9.53 Å². The van der Waals surface area contributed by atoms with Crippen molar-refractivity contribution in [2.45, 2.75) is 80.1 Å². The van der Waals surface area contributed by atoms with E-state index in [9.17, 15) is 4.79 Å². The summed E-state index contributed by atoms with van der Waals surface area (Å²) in [5.41, 5.74) is 5.46. The average molecular weight is 347 g/mol. The minimum Gasteiger partial charge on any atom is -0.469 e. The summed E-state index contributed by atoms with van der Waals surface area (Å²) in [6, 6.07) is 0. The highest BCUT2D eigenvalue weighted by atomic mass is 16.5. The summed E-state index contributed by atoms with van der Waals surface area (Å²) in [7, 11) is 1.46. The molecule has 25 heavy (non-hydrogen) atoms. The summed E-state index contributed by atoms with van der Waals surface area (Å²) in [6.07, 6.45) is 14.7. The van der Waals surface area contributed by atoms with Gasteiger partial charge in [-0.25, -0.2) is 0 Å². The van der Waals surface area contributed by atoms with Crippen LogP contribution < -0.4 is 0 Å². The first-order valence-electron chi connectivity index (χ1n) is 9.41. The third-order valence-electron chi connectivity index (χ3n) is 4.13. The molecular formula is C23H38O2. The molecule has 0 aromatic heterocycles. The first-order chi connectivity index (χ1) is 11.7. The summed E-state index contributed by atoms with van der Waals surface area (Å²) < 4.78 is 4.87. The van der Waals surface area contributed by atoms with E-state index in [2.05, 4.69) is 65.8 Å². The fourth-order valence-electron chi connectivity index (χ4n) is 2.63. The second kappa shape index (κ2) is 13.7. The van der Waals surface area contributed by atoms with Gasteiger partial charge in [-0.2, -0.15) is 0 Å². The first-order valence-corrected chi connectivity index (χ1v) is 9.41. The van der Waals surface area contributed by atoms with Crippen LogP contribution in [-0.4, -0.2) is 13.1 Å². The quantitative estimate of drug-likeness (QED) is 0.299. The fraction of sp³-hybridized carbons (Fsp3) is 0.609. The normalized spacial score (nSPS) is 13.2. The summed E-state index contributed by atoms with van der Waals surface area (Å²) in [4.78, 5) is 11.7. The minimum absolute atomic E-state index is 0.131. The lowest BCUT2D eigenvalue weighted by molar-refractivity contribution is -0.141. The van der Waals surface area contributed by atoms with E-state index >= 15 is 0 Å². The third-order valence-corrected chi connectivity index (χ3v) is 4.13. The van der Waals surface area contributed by atoms with Crippen molar-refractivity contribution in [2.24, 2.45) is 5.92 Å². The number of carbonyl (C=O) groups is 1. The van der Waals surface area contributed by atoms with E-state index in [1.54, 1.807) is 0 Å². The molecule has 0 amide bonds. The van der Waals surface area contributed by atoms with Gasteiger partial charge in [0.15, 0.2) is 0 Å². The lowest BCUT2D eigenvalue weighted by Gasteiger charge is -2.12. The summed E-state index contributed by atoms with van der Waals surface area (Å²) in [6.45, 7) is 12.9. The molecule has 142 valence electrons. The Bertz CT molecular complexity index is 510. The van der Waals surface area contributed by atoms with Crippen molar-refractivity contribution in [2.75, 3.05) is 7.11 Å². The molecule has 0 aliphatic carbocycles. The van der Waals surface area contributed by atoms with Crippen LogP contribution in [0.1, 0.15) is 80.1 Å². The Balaban J connectivity index is 4.78. The van der Waals surface area contributed by atoms with Gasteiger partial charge in [-0.1, -0.05) is 46.6 Å². The molecule has 2 heteroatoms. The van der Waals surface area contributed by atoms with Gasteiger partial charge in [0.05, 0.1) is 13.5 Å². The number of methoxy groups -OCH3 is 1. The molecule has 0 aromatic carbocycles. The van der Waals surface area contributed by atoms with Crippen LogP contribution in [0.4, 0.5) is 0 Å². The number of ether oxygens (including phenoxy) is 1. The maximum Gasteiger partial charge on any atom is 0.306 e. The molecule has 0 fully saturated rings. The molecule has 0 saturated carbocycles. The number of allylic oxidation sites excluding steroid dienone is 8. The Morgan fingerprint density at radius 3 is 1.84 bits per heavy atom. The molecule has 1 unspecified atom stereocenters. The van der Waals surface area contributed by atoms with Gasteiger partial charge in [0.25, 0.3) is 0 Å². The van der Waals surface area contributed by atoms with E-state index in [1.807, 2.05) is 0 Å². The van der Waals surface area contributed by atoms with Gasteiger partial charge in [-0.15, -0.1) is 0 Å². The SMILES string of the molecule is COC(=O)CC(/C=C(\C)CCC=C(C)C)C/C=C(\C)CCC=C(C)C. The Labute approximate surface area is 155 Å². The lowest BCUT2D eigenvalue weighted by Crippen LogP contribution is -2.08. The van der Waals surface area contributed by atoms with Crippen molar-refractivity contribution >= 4 is 5.97 Å². The molecule has 0 radical (unpaired) electrons. The summed E-state index contributed by atoms with van der Waals surface area (Å²) in [5.74, 6) is 0.0894. The van der Waals surface area contributed by atoms with Crippen LogP contribution in [0.2, 0.25) is 0 Å². The van der Waals surface area contributed by atoms with Gasteiger partial charge in [0.1, 0.15) is 0 Å². The number of rotatable bonds is 11. The van der Waals surface area contributed by atoms with E-state index in [1.165, 1.54) is 29.4 Å². The molecular weight excluding hydrogens is 308 g/mol. The zero-order chi connectivity index (χ0) is 19.2. The molecule has 0 saturated heterocycles. The maximum absolute atomic E-state index is 11.7. The first kappa shape index (κ1) is 23.4. The molecule has 0 aliphatic rings. The summed E-state index contributed by atoms with van der Waals surface area (Å²) in [5, 5.41) is 0. The van der Waals surface area contributed by atoms with E-state index < -0.39 is 0 Å². The van der Waals surface area contributed by atoms with Gasteiger partial charge < -0.3 is 4.74 Å². The molecule has 0 aromatic rings. The van der Waals surface area contributed by atoms with Crippen LogP contribution >= 0.6 is 0 Å². The Morgan fingerprint density at radius 2 is 1.36 bits per heavy atom. The fourth-order valence-corrected chi connectivity index (χ4v) is 2.63. The van der Waals surface area contributed by atoms with Crippen molar-refractivity contribution in [1.29, 1.82) is 0 Å². The van der Waals surface area contributed by atoms with Crippen molar-refractivity contribution in [3.63, 3.8) is 0 Å². The molecule has 0 aliphatic heterocycles. The number of hydrogen-bond acceptors (Lipinski definition) is 2. The topological polar surface area (TPSA) is 26.3 Å². The standard InChI is InChI=1S/C23H38O2/c1-18(2)10-8-12-20(5)14-15-22(17-23(24)25-7)16-21(6)13-9-11-19(3)4/h10-11,14,16,22H,8-9,12-13,15,17H2,1-7H3/b20-14+,21-16+. The predicted molar refractivity (Wildman–Crippen MR) is 110 cm³/mol. The molecule has 0 N–H and O–H groups in total. The second-order valence-electron chi connectivity index (χ2n) is 7.48. The number of hydrogen-bond donors (Lipinski definition) is 0. The predicted octanol–water partition coefficient (Wildman–Crippen LogP) is 6.94. The number of carbonyl (C=O) groups excluding carboxylic acids is 1. The van der Waals surface area contributed by atoms with Crippen molar-refractivity contribution in [1.82, 2.24) is 0 Å². The van der Waals surface area contributed by atoms with Crippen LogP contribution in [0.15, 0.2) is 46.6 Å². The molecule has 0 spiro atoms. The monoisotopic (exact) mass is 346 g/mol. The Hall–Kier alpha value is -1.57. The van der Waals surface area contributed by atoms with Crippen molar-refractivity contribution in [3.8, 4) is 0 Å². The van der Waals surface area contributed by atoms with Crippen molar-refractivity contribution in [3.05, 3.63) is 46.6 Å². The number of esters is 1. The van der Waals surface area contributed by atoms with Crippen LogP contribution in [0.5, 0.6) is 0 Å². The molecule has 0 bridgehead atoms. The van der Waals surface area contributed by atoms with Gasteiger partial charge in [-0.05, 0) is 79.6 Å². The second-order valence-corrected chi connectivity index (χ2v) is 7.48. The molecule has 0 heterocycles. The smallest absolute Gasteiger partial charge is 0.306 e. The largest absolute Gasteiger partial charge is 0.469 e. The average Bonchev–Trinajstić information content (AvgIpc) is 2.51. The highest BCUT2D eigenvalue weighted by Crippen LogP contribution is 2.19. The molecule has 1 atom stereocenters. The van der Waals surface area contributed by atoms with E-state index in [-0.39, 0.29) is 11.9 Å². The Kier molecular flexibility index (Phi) is 12.8. The van der Waals surface area contributed by atoms with Crippen LogP contribution in [0, 0.1) is 5.92 Å². The van der Waals surface area contributed by atoms with Crippen LogP contribution in [0.3, 0.4) is 0 Å². The van der Waals surface area contributed by atoms with E-state index in [4.69, 9.17) is 4.74 Å². The summed E-state index contributed by atoms with van der Waals surface area (Å²) >= 11 is 0. The minimum atomic E-state index is -0.131. The van der Waals surface area contributed by atoms with E-state index in [0.717, 1.165) is 32.1 Å². The van der Waals surface area contributed by atoms with Crippen molar-refractivity contribution < 1.29 is 9.53 Å². The van der Waals surface area contributed by atoms with Gasteiger partial charge in [-0.3, -0.25) is 4.79 Å². The van der Waals surface area contributed by atoms with Gasteiger partial charge in [0.2, 0.25) is 0 Å². The molecule has 2 nitrogen and oxygen atoms in total. The zero-order valence-electron chi connectivity index (χ0n) is 17.4. The third kappa shape index (κ3) is 14.5. The highest BCUT2D eigenvalue weighted by molar-refractivity contribution is 5.69. The lowest BCUT2D eigenvalue weighted by atomic mass is 9.95. The highest BCUT2D eigenvalue weighted by Gasteiger charge is 2.11. The Morgan fingerprint density at radius 1 is 0.840 bits per heavy atom. The zero-order valence-corrected chi connectivity index (χ0v) is 17.4. The van der Waals surface area contributed by atoms with Gasteiger partial charge in [0, 0.05) is 0 Å².